The Labute approximate surface area is 148 Å². The maximum absolute atomic E-state index is 13.6. The molecule has 1 amide bonds. The number of rotatable bonds is 5. The molecular formula is C17H17F3N4O2. The van der Waals surface area contributed by atoms with E-state index in [9.17, 15) is 18.0 Å². The number of halogens is 3. The SMILES string of the molecule is O=C(c1cc(F)cc(OC(F)F)c1)N1CCN(Cc2cnccn2)CC1. The van der Waals surface area contributed by atoms with Crippen molar-refractivity contribution in [2.45, 2.75) is 13.2 Å². The van der Waals surface area contributed by atoms with Crippen LogP contribution >= 0.6 is 0 Å². The van der Waals surface area contributed by atoms with Crippen LogP contribution in [0.5, 0.6) is 5.75 Å². The van der Waals surface area contributed by atoms with E-state index < -0.39 is 18.3 Å². The molecule has 2 aromatic rings. The van der Waals surface area contributed by atoms with Crippen molar-refractivity contribution >= 4 is 5.91 Å². The number of aromatic nitrogens is 2. The first kappa shape index (κ1) is 18.1. The van der Waals surface area contributed by atoms with Gasteiger partial charge in [0.15, 0.2) is 0 Å². The monoisotopic (exact) mass is 366 g/mol. The number of carbonyl (C=O) groups excluding carboxylic acids is 1. The van der Waals surface area contributed by atoms with E-state index in [1.165, 1.54) is 0 Å². The highest BCUT2D eigenvalue weighted by molar-refractivity contribution is 5.94. The van der Waals surface area contributed by atoms with Crippen molar-refractivity contribution in [3.05, 3.63) is 53.9 Å². The standard InChI is InChI=1S/C17H17F3N4O2/c18-13-7-12(8-15(9-13)26-17(19)20)16(25)24-5-3-23(4-6-24)11-14-10-21-1-2-22-14/h1-2,7-10,17H,3-6,11H2. The van der Waals surface area contributed by atoms with E-state index in [1.807, 2.05) is 0 Å². The first-order chi connectivity index (χ1) is 12.5. The topological polar surface area (TPSA) is 58.6 Å². The third-order valence-corrected chi connectivity index (χ3v) is 4.01. The van der Waals surface area contributed by atoms with Gasteiger partial charge in [0.2, 0.25) is 0 Å². The van der Waals surface area contributed by atoms with Gasteiger partial charge >= 0.3 is 6.61 Å². The lowest BCUT2D eigenvalue weighted by atomic mass is 10.1. The fourth-order valence-corrected chi connectivity index (χ4v) is 2.79. The summed E-state index contributed by atoms with van der Waals surface area (Å²) >= 11 is 0. The Balaban J connectivity index is 1.60. The fourth-order valence-electron chi connectivity index (χ4n) is 2.79. The van der Waals surface area contributed by atoms with E-state index in [2.05, 4.69) is 19.6 Å². The van der Waals surface area contributed by atoms with Crippen molar-refractivity contribution in [3.63, 3.8) is 0 Å². The minimum atomic E-state index is -3.08. The average Bonchev–Trinajstić information content (AvgIpc) is 2.61. The lowest BCUT2D eigenvalue weighted by Gasteiger charge is -2.34. The molecule has 26 heavy (non-hydrogen) atoms. The summed E-state index contributed by atoms with van der Waals surface area (Å²) in [4.78, 5) is 24.5. The molecule has 6 nitrogen and oxygen atoms in total. The van der Waals surface area contributed by atoms with E-state index in [4.69, 9.17) is 0 Å². The molecule has 1 aliphatic rings. The molecule has 0 aliphatic carbocycles. The Hall–Kier alpha value is -2.68. The highest BCUT2D eigenvalue weighted by Crippen LogP contribution is 2.20. The summed E-state index contributed by atoms with van der Waals surface area (Å²) in [6, 6.07) is 2.97. The van der Waals surface area contributed by atoms with Gasteiger partial charge in [0.1, 0.15) is 11.6 Å². The van der Waals surface area contributed by atoms with Gasteiger partial charge in [-0.25, -0.2) is 4.39 Å². The lowest BCUT2D eigenvalue weighted by Crippen LogP contribution is -2.48. The van der Waals surface area contributed by atoms with E-state index in [0.717, 1.165) is 23.9 Å². The minimum Gasteiger partial charge on any atom is -0.435 e. The number of carbonyl (C=O) groups is 1. The van der Waals surface area contributed by atoms with Crippen LogP contribution in [0.3, 0.4) is 0 Å². The Bertz CT molecular complexity index is 753. The molecule has 0 radical (unpaired) electrons. The van der Waals surface area contributed by atoms with Gasteiger partial charge in [0.25, 0.3) is 5.91 Å². The summed E-state index contributed by atoms with van der Waals surface area (Å²) < 4.78 is 42.4. The first-order valence-electron chi connectivity index (χ1n) is 8.03. The normalized spacial score (nSPS) is 15.3. The Morgan fingerprint density at radius 1 is 1.15 bits per heavy atom. The smallest absolute Gasteiger partial charge is 0.387 e. The zero-order valence-electron chi connectivity index (χ0n) is 13.8. The van der Waals surface area contributed by atoms with Crippen molar-refractivity contribution in [2.75, 3.05) is 26.2 Å². The number of benzene rings is 1. The van der Waals surface area contributed by atoms with E-state index in [-0.39, 0.29) is 11.3 Å². The van der Waals surface area contributed by atoms with Crippen LogP contribution in [0.15, 0.2) is 36.8 Å². The molecule has 0 bridgehead atoms. The summed E-state index contributed by atoms with van der Waals surface area (Å²) in [5, 5.41) is 0. The van der Waals surface area contributed by atoms with Crippen LogP contribution in [0.2, 0.25) is 0 Å². The molecule has 1 aromatic carbocycles. The molecule has 1 aliphatic heterocycles. The average molecular weight is 366 g/mol. The zero-order chi connectivity index (χ0) is 18.5. The molecule has 1 aromatic heterocycles. The number of hydrogen-bond donors (Lipinski definition) is 0. The van der Waals surface area contributed by atoms with Crippen LogP contribution in [0.1, 0.15) is 16.1 Å². The zero-order valence-corrected chi connectivity index (χ0v) is 13.8. The maximum Gasteiger partial charge on any atom is 0.387 e. The molecular weight excluding hydrogens is 349 g/mol. The van der Waals surface area contributed by atoms with Crippen molar-refractivity contribution in [2.24, 2.45) is 0 Å². The molecule has 0 N–H and O–H groups in total. The van der Waals surface area contributed by atoms with E-state index >= 15 is 0 Å². The van der Waals surface area contributed by atoms with Crippen LogP contribution in [0.4, 0.5) is 13.2 Å². The van der Waals surface area contributed by atoms with Crippen molar-refractivity contribution in [1.82, 2.24) is 19.8 Å². The second kappa shape index (κ2) is 8.13. The second-order valence-electron chi connectivity index (χ2n) is 5.82. The molecule has 3 rings (SSSR count). The Morgan fingerprint density at radius 3 is 2.58 bits per heavy atom. The number of piperazine rings is 1. The molecule has 0 atom stereocenters. The summed E-state index contributed by atoms with van der Waals surface area (Å²) in [6.07, 6.45) is 4.91. The van der Waals surface area contributed by atoms with Crippen molar-refractivity contribution < 1.29 is 22.7 Å². The van der Waals surface area contributed by atoms with Gasteiger partial charge in [-0.15, -0.1) is 0 Å². The molecule has 0 unspecified atom stereocenters. The Morgan fingerprint density at radius 2 is 1.92 bits per heavy atom. The van der Waals surface area contributed by atoms with E-state index in [0.29, 0.717) is 32.7 Å². The van der Waals surface area contributed by atoms with Crippen LogP contribution in [-0.4, -0.2) is 58.5 Å². The van der Waals surface area contributed by atoms with E-state index in [1.54, 1.807) is 23.5 Å². The number of nitrogens with zero attached hydrogens (tertiary/aromatic N) is 4. The molecule has 9 heteroatoms. The summed E-state index contributed by atoms with van der Waals surface area (Å²) in [5.41, 5.74) is 0.828. The van der Waals surface area contributed by atoms with Crippen LogP contribution in [0, 0.1) is 5.82 Å². The molecule has 1 saturated heterocycles. The third kappa shape index (κ3) is 4.69. The van der Waals surface area contributed by atoms with Crippen molar-refractivity contribution in [1.29, 1.82) is 0 Å². The predicted molar refractivity (Wildman–Crippen MR) is 86.2 cm³/mol. The summed E-state index contributed by atoms with van der Waals surface area (Å²) in [5.74, 6) is -1.58. The number of ether oxygens (including phenoxy) is 1. The lowest BCUT2D eigenvalue weighted by molar-refractivity contribution is -0.0500. The van der Waals surface area contributed by atoms with Crippen molar-refractivity contribution in [3.8, 4) is 5.75 Å². The second-order valence-corrected chi connectivity index (χ2v) is 5.82. The van der Waals surface area contributed by atoms with Gasteiger partial charge in [0, 0.05) is 62.9 Å². The molecule has 0 saturated carbocycles. The van der Waals surface area contributed by atoms with Gasteiger partial charge in [-0.2, -0.15) is 8.78 Å². The number of alkyl halides is 2. The molecule has 2 heterocycles. The first-order valence-corrected chi connectivity index (χ1v) is 8.03. The third-order valence-electron chi connectivity index (χ3n) is 4.01. The van der Waals surface area contributed by atoms with Gasteiger partial charge in [-0.3, -0.25) is 19.7 Å². The van der Waals surface area contributed by atoms with Gasteiger partial charge in [0.05, 0.1) is 5.69 Å². The highest BCUT2D eigenvalue weighted by atomic mass is 19.3. The largest absolute Gasteiger partial charge is 0.435 e. The highest BCUT2D eigenvalue weighted by Gasteiger charge is 2.23. The maximum atomic E-state index is 13.6. The van der Waals surface area contributed by atoms with Crippen LogP contribution in [-0.2, 0) is 6.54 Å². The molecule has 1 fully saturated rings. The van der Waals surface area contributed by atoms with Crippen LogP contribution in [0.25, 0.3) is 0 Å². The van der Waals surface area contributed by atoms with Gasteiger partial charge in [-0.1, -0.05) is 0 Å². The predicted octanol–water partition coefficient (Wildman–Crippen LogP) is 2.18. The van der Waals surface area contributed by atoms with Gasteiger partial charge in [-0.05, 0) is 12.1 Å². The van der Waals surface area contributed by atoms with Gasteiger partial charge < -0.3 is 9.64 Å². The summed E-state index contributed by atoms with van der Waals surface area (Å²) in [6.45, 7) is -0.316. The summed E-state index contributed by atoms with van der Waals surface area (Å²) in [7, 11) is 0. The molecule has 0 spiro atoms. The fraction of sp³-hybridized carbons (Fsp3) is 0.353. The minimum absolute atomic E-state index is 0.0111. The Kier molecular flexibility index (Phi) is 5.67. The number of amides is 1. The molecule has 138 valence electrons. The van der Waals surface area contributed by atoms with Crippen LogP contribution < -0.4 is 4.74 Å². The quantitative estimate of drug-likeness (QED) is 0.812. The number of hydrogen-bond acceptors (Lipinski definition) is 5.